The number of benzene rings is 1. The molecule has 3 aromatic rings. The number of hydrogen-bond acceptors (Lipinski definition) is 7. The predicted molar refractivity (Wildman–Crippen MR) is 82.2 cm³/mol. The summed E-state index contributed by atoms with van der Waals surface area (Å²) in [4.78, 5) is 7.89. The highest BCUT2D eigenvalue weighted by molar-refractivity contribution is 5.76. The van der Waals surface area contributed by atoms with E-state index < -0.39 is 5.82 Å². The third-order valence-electron chi connectivity index (χ3n) is 3.16. The molecule has 0 saturated heterocycles. The zero-order valence-electron chi connectivity index (χ0n) is 12.4. The number of nitriles is 1. The van der Waals surface area contributed by atoms with Crippen molar-refractivity contribution >= 4 is 11.6 Å². The Morgan fingerprint density at radius 3 is 2.79 bits per heavy atom. The van der Waals surface area contributed by atoms with Gasteiger partial charge in [-0.05, 0) is 12.1 Å². The van der Waals surface area contributed by atoms with Crippen LogP contribution in [-0.2, 0) is 0 Å². The van der Waals surface area contributed by atoms with E-state index in [1.807, 2.05) is 6.07 Å². The maximum atomic E-state index is 13.8. The van der Waals surface area contributed by atoms with Gasteiger partial charge in [0.25, 0.3) is 0 Å². The van der Waals surface area contributed by atoms with Crippen molar-refractivity contribution in [2.24, 2.45) is 0 Å². The third-order valence-corrected chi connectivity index (χ3v) is 3.16. The first-order chi connectivity index (χ1) is 11.6. The standard InChI is InChI=1S/C15H11FN6O2/c1-24-15-9(16)2-3-11(23)14(15)10-4-12(22-21-10)20-13-7-18-8(5-17)6-19-13/h2-4,6-7,23H,1H3,(H2,19,20,21,22). The molecule has 0 fully saturated rings. The van der Waals surface area contributed by atoms with Crippen molar-refractivity contribution in [1.82, 2.24) is 20.2 Å². The van der Waals surface area contributed by atoms with Gasteiger partial charge in [-0.15, -0.1) is 0 Å². The molecular weight excluding hydrogens is 315 g/mol. The molecule has 0 aliphatic rings. The topological polar surface area (TPSA) is 120 Å². The first kappa shape index (κ1) is 15.2. The number of halogens is 1. The molecule has 0 bridgehead atoms. The Morgan fingerprint density at radius 1 is 1.29 bits per heavy atom. The monoisotopic (exact) mass is 326 g/mol. The van der Waals surface area contributed by atoms with Gasteiger partial charge in [0, 0.05) is 6.07 Å². The number of methoxy groups -OCH3 is 1. The summed E-state index contributed by atoms with van der Waals surface area (Å²) in [6.45, 7) is 0. The van der Waals surface area contributed by atoms with Gasteiger partial charge in [0.15, 0.2) is 23.1 Å². The Balaban J connectivity index is 1.91. The van der Waals surface area contributed by atoms with Gasteiger partial charge in [0.1, 0.15) is 17.6 Å². The molecule has 3 N–H and O–H groups in total. The van der Waals surface area contributed by atoms with Gasteiger partial charge < -0.3 is 15.2 Å². The zero-order chi connectivity index (χ0) is 17.1. The van der Waals surface area contributed by atoms with Crippen molar-refractivity contribution in [1.29, 1.82) is 5.26 Å². The molecule has 2 aromatic heterocycles. The van der Waals surface area contributed by atoms with Crippen LogP contribution in [0.25, 0.3) is 11.3 Å². The average Bonchev–Trinajstić information content (AvgIpc) is 3.05. The number of ether oxygens (including phenoxy) is 1. The molecule has 2 heterocycles. The highest BCUT2D eigenvalue weighted by Gasteiger charge is 2.18. The van der Waals surface area contributed by atoms with E-state index in [0.717, 1.165) is 6.07 Å². The van der Waals surface area contributed by atoms with Crippen LogP contribution in [0.3, 0.4) is 0 Å². The van der Waals surface area contributed by atoms with E-state index in [0.29, 0.717) is 17.3 Å². The summed E-state index contributed by atoms with van der Waals surface area (Å²) in [5.74, 6) is -0.102. The number of phenolic OH excluding ortho intramolecular Hbond substituents is 1. The molecule has 120 valence electrons. The summed E-state index contributed by atoms with van der Waals surface area (Å²) >= 11 is 0. The normalized spacial score (nSPS) is 10.2. The molecule has 0 spiro atoms. The summed E-state index contributed by atoms with van der Waals surface area (Å²) < 4.78 is 18.8. The summed E-state index contributed by atoms with van der Waals surface area (Å²) in [5.41, 5.74) is 0.703. The first-order valence-corrected chi connectivity index (χ1v) is 6.72. The number of rotatable bonds is 4. The maximum Gasteiger partial charge on any atom is 0.167 e. The fourth-order valence-corrected chi connectivity index (χ4v) is 2.10. The second-order valence-electron chi connectivity index (χ2n) is 4.67. The fraction of sp³-hybridized carbons (Fsp3) is 0.0667. The number of H-pyrrole nitrogens is 1. The van der Waals surface area contributed by atoms with Crippen LogP contribution in [0, 0.1) is 17.1 Å². The highest BCUT2D eigenvalue weighted by Crippen LogP contribution is 2.39. The van der Waals surface area contributed by atoms with Gasteiger partial charge in [-0.3, -0.25) is 5.10 Å². The SMILES string of the molecule is COc1c(F)ccc(O)c1-c1cc(Nc2cnc(C#N)cn2)n[nH]1. The number of aromatic hydroxyl groups is 1. The first-order valence-electron chi connectivity index (χ1n) is 6.72. The van der Waals surface area contributed by atoms with Crippen molar-refractivity contribution in [3.63, 3.8) is 0 Å². The van der Waals surface area contributed by atoms with Gasteiger partial charge >= 0.3 is 0 Å². The number of nitrogens with one attached hydrogen (secondary N) is 2. The van der Waals surface area contributed by atoms with Crippen LogP contribution < -0.4 is 10.1 Å². The molecule has 0 amide bonds. The van der Waals surface area contributed by atoms with E-state index in [1.54, 1.807) is 6.07 Å². The van der Waals surface area contributed by atoms with Crippen LogP contribution in [0.2, 0.25) is 0 Å². The Morgan fingerprint density at radius 2 is 2.12 bits per heavy atom. The minimum Gasteiger partial charge on any atom is -0.507 e. The molecular formula is C15H11FN6O2. The largest absolute Gasteiger partial charge is 0.507 e. The fourth-order valence-electron chi connectivity index (χ4n) is 2.10. The molecule has 0 radical (unpaired) electrons. The van der Waals surface area contributed by atoms with E-state index in [4.69, 9.17) is 10.00 Å². The van der Waals surface area contributed by atoms with E-state index in [2.05, 4.69) is 25.5 Å². The van der Waals surface area contributed by atoms with Crippen LogP contribution in [0.1, 0.15) is 5.69 Å². The van der Waals surface area contributed by atoms with Crippen LogP contribution in [-0.4, -0.2) is 32.4 Å². The maximum absolute atomic E-state index is 13.8. The molecule has 9 heteroatoms. The molecule has 8 nitrogen and oxygen atoms in total. The predicted octanol–water partition coefficient (Wildman–Crippen LogP) is 2.34. The van der Waals surface area contributed by atoms with E-state index >= 15 is 0 Å². The second-order valence-corrected chi connectivity index (χ2v) is 4.67. The van der Waals surface area contributed by atoms with E-state index in [1.165, 1.54) is 25.6 Å². The number of nitrogens with zero attached hydrogens (tertiary/aromatic N) is 4. The molecule has 0 aliphatic heterocycles. The van der Waals surface area contributed by atoms with Gasteiger partial charge in [-0.1, -0.05) is 0 Å². The van der Waals surface area contributed by atoms with Gasteiger partial charge in [0.05, 0.1) is 30.8 Å². The Kier molecular flexibility index (Phi) is 3.94. The van der Waals surface area contributed by atoms with Gasteiger partial charge in [-0.2, -0.15) is 10.4 Å². The van der Waals surface area contributed by atoms with Crippen molar-refractivity contribution < 1.29 is 14.2 Å². The van der Waals surface area contributed by atoms with E-state index in [-0.39, 0.29) is 22.8 Å². The van der Waals surface area contributed by atoms with Crippen LogP contribution >= 0.6 is 0 Å². The Labute approximate surface area is 135 Å². The lowest BCUT2D eigenvalue weighted by molar-refractivity contribution is 0.382. The van der Waals surface area contributed by atoms with Crippen molar-refractivity contribution in [2.75, 3.05) is 12.4 Å². The Bertz CT molecular complexity index is 917. The lowest BCUT2D eigenvalue weighted by Crippen LogP contribution is -1.95. The third kappa shape index (κ3) is 2.80. The number of phenols is 1. The molecule has 3 rings (SSSR count). The summed E-state index contributed by atoms with van der Waals surface area (Å²) in [5, 5.41) is 28.3. The number of hydrogen-bond donors (Lipinski definition) is 3. The zero-order valence-corrected chi connectivity index (χ0v) is 12.4. The lowest BCUT2D eigenvalue weighted by atomic mass is 10.1. The molecule has 1 aromatic carbocycles. The van der Waals surface area contributed by atoms with Crippen LogP contribution in [0.5, 0.6) is 11.5 Å². The highest BCUT2D eigenvalue weighted by atomic mass is 19.1. The van der Waals surface area contributed by atoms with Crippen molar-refractivity contribution in [3.05, 3.63) is 42.1 Å². The van der Waals surface area contributed by atoms with Crippen molar-refractivity contribution in [3.8, 4) is 28.8 Å². The molecule has 0 unspecified atom stereocenters. The summed E-state index contributed by atoms with van der Waals surface area (Å²) in [6, 6.07) is 5.76. The number of anilines is 2. The van der Waals surface area contributed by atoms with Crippen molar-refractivity contribution in [2.45, 2.75) is 0 Å². The molecule has 24 heavy (non-hydrogen) atoms. The Hall–Kier alpha value is -3.67. The molecule has 0 aliphatic carbocycles. The van der Waals surface area contributed by atoms with E-state index in [9.17, 15) is 9.50 Å². The smallest absolute Gasteiger partial charge is 0.167 e. The molecule has 0 saturated carbocycles. The molecule has 0 atom stereocenters. The van der Waals surface area contributed by atoms with Gasteiger partial charge in [0.2, 0.25) is 0 Å². The second kappa shape index (κ2) is 6.21. The number of aromatic amines is 1. The summed E-state index contributed by atoms with van der Waals surface area (Å²) in [7, 11) is 1.31. The van der Waals surface area contributed by atoms with Crippen LogP contribution in [0.15, 0.2) is 30.6 Å². The quantitative estimate of drug-likeness (QED) is 0.673. The van der Waals surface area contributed by atoms with Crippen LogP contribution in [0.4, 0.5) is 16.0 Å². The number of aromatic nitrogens is 4. The average molecular weight is 326 g/mol. The minimum absolute atomic E-state index is 0.0941. The lowest BCUT2D eigenvalue weighted by Gasteiger charge is -2.09. The summed E-state index contributed by atoms with van der Waals surface area (Å²) in [6.07, 6.45) is 2.70. The minimum atomic E-state index is -0.604. The van der Waals surface area contributed by atoms with Gasteiger partial charge in [-0.25, -0.2) is 14.4 Å².